The Bertz CT molecular complexity index is 2090. The van der Waals surface area contributed by atoms with Gasteiger partial charge in [-0.1, -0.05) is 140 Å². The third-order valence-corrected chi connectivity index (χ3v) is 11.5. The molecule has 0 aliphatic heterocycles. The number of aromatic nitrogens is 2. The van der Waals surface area contributed by atoms with Crippen molar-refractivity contribution in [1.29, 1.82) is 0 Å². The fourth-order valence-corrected chi connectivity index (χ4v) is 8.90. The molecule has 50 heavy (non-hydrogen) atoms. The highest BCUT2D eigenvalue weighted by Gasteiger charge is 2.27. The molecule has 1 unspecified atom stereocenters. The van der Waals surface area contributed by atoms with Crippen molar-refractivity contribution in [2.45, 2.75) is 72.6 Å². The standard InChI is InChI=1S/C46H49N2OP/c1-31(2)25-32-26-40(48-41(27-32)38-29-35(45(3,4)5)30-39(44(38)49)46(6,7)8)34-19-16-20-36(28-34)50(43-23-14-15-24-47-43)42-22-13-12-21-37(42)33-17-10-9-11-18-33/h9-24,26-31,49H,25H2,1-8H3. The van der Waals surface area contributed by atoms with Crippen molar-refractivity contribution in [3.05, 3.63) is 144 Å². The van der Waals surface area contributed by atoms with E-state index in [1.165, 1.54) is 32.9 Å². The first-order chi connectivity index (χ1) is 23.8. The Labute approximate surface area is 300 Å². The van der Waals surface area contributed by atoms with E-state index in [2.05, 4.69) is 171 Å². The quantitative estimate of drug-likeness (QED) is 0.163. The number of nitrogens with zero attached hydrogens (tertiary/aromatic N) is 2. The molecule has 1 atom stereocenters. The van der Waals surface area contributed by atoms with Crippen LogP contribution in [0.1, 0.15) is 72.1 Å². The minimum atomic E-state index is -0.989. The summed E-state index contributed by atoms with van der Waals surface area (Å²) in [5.41, 5.74) is 10.1. The van der Waals surface area contributed by atoms with Gasteiger partial charge in [-0.05, 0) is 92.4 Å². The van der Waals surface area contributed by atoms with Crippen LogP contribution >= 0.6 is 7.92 Å². The van der Waals surface area contributed by atoms with E-state index in [-0.39, 0.29) is 10.8 Å². The zero-order valence-electron chi connectivity index (χ0n) is 30.7. The highest BCUT2D eigenvalue weighted by Crippen LogP contribution is 2.43. The molecule has 6 rings (SSSR count). The zero-order chi connectivity index (χ0) is 35.6. The highest BCUT2D eigenvalue weighted by atomic mass is 31.1. The second-order valence-corrected chi connectivity index (χ2v) is 17.8. The van der Waals surface area contributed by atoms with Gasteiger partial charge in [0.1, 0.15) is 5.75 Å². The largest absolute Gasteiger partial charge is 0.507 e. The molecule has 0 saturated heterocycles. The van der Waals surface area contributed by atoms with Gasteiger partial charge in [-0.3, -0.25) is 4.98 Å². The SMILES string of the molecule is CC(C)Cc1cc(-c2cccc(P(c3ccccn3)c3ccccc3-c3ccccc3)c2)nc(-c2cc(C(C)(C)C)cc(C(C)(C)C)c2O)c1. The molecule has 0 saturated carbocycles. The maximum Gasteiger partial charge on any atom is 0.128 e. The van der Waals surface area contributed by atoms with E-state index >= 15 is 0 Å². The average molecular weight is 677 g/mol. The second kappa shape index (κ2) is 14.3. The first-order valence-electron chi connectivity index (χ1n) is 17.6. The van der Waals surface area contributed by atoms with Crippen molar-refractivity contribution in [2.75, 3.05) is 0 Å². The summed E-state index contributed by atoms with van der Waals surface area (Å²) in [6, 6.07) is 43.2. The predicted octanol–water partition coefficient (Wildman–Crippen LogP) is 10.7. The molecule has 0 aliphatic carbocycles. The lowest BCUT2D eigenvalue weighted by molar-refractivity contribution is 0.446. The van der Waals surface area contributed by atoms with Crippen LogP contribution in [0.15, 0.2) is 128 Å². The zero-order valence-corrected chi connectivity index (χ0v) is 31.6. The average Bonchev–Trinajstić information content (AvgIpc) is 3.08. The van der Waals surface area contributed by atoms with Gasteiger partial charge in [-0.2, -0.15) is 0 Å². The van der Waals surface area contributed by atoms with Crippen molar-refractivity contribution < 1.29 is 5.11 Å². The minimum Gasteiger partial charge on any atom is -0.507 e. The summed E-state index contributed by atoms with van der Waals surface area (Å²) in [6.45, 7) is 17.7. The Morgan fingerprint density at radius 2 is 1.32 bits per heavy atom. The van der Waals surface area contributed by atoms with Crippen LogP contribution in [-0.4, -0.2) is 15.1 Å². The first kappa shape index (κ1) is 35.2. The lowest BCUT2D eigenvalue weighted by atomic mass is 9.78. The van der Waals surface area contributed by atoms with E-state index < -0.39 is 7.92 Å². The molecule has 254 valence electrons. The number of phenols is 1. The summed E-state index contributed by atoms with van der Waals surface area (Å²) >= 11 is 0. The van der Waals surface area contributed by atoms with Crippen molar-refractivity contribution in [3.8, 4) is 39.4 Å². The topological polar surface area (TPSA) is 46.0 Å². The highest BCUT2D eigenvalue weighted by molar-refractivity contribution is 7.79. The van der Waals surface area contributed by atoms with Crippen LogP contribution in [0.25, 0.3) is 33.6 Å². The lowest BCUT2D eigenvalue weighted by Gasteiger charge is -2.27. The lowest BCUT2D eigenvalue weighted by Crippen LogP contribution is -2.24. The van der Waals surface area contributed by atoms with Crippen LogP contribution in [-0.2, 0) is 17.3 Å². The van der Waals surface area contributed by atoms with E-state index in [1.54, 1.807) is 0 Å². The molecule has 2 aromatic heterocycles. The summed E-state index contributed by atoms with van der Waals surface area (Å²) in [7, 11) is -0.989. The van der Waals surface area contributed by atoms with Gasteiger partial charge in [0, 0.05) is 30.8 Å². The van der Waals surface area contributed by atoms with E-state index in [4.69, 9.17) is 9.97 Å². The summed E-state index contributed by atoms with van der Waals surface area (Å²) in [5, 5.41) is 14.3. The van der Waals surface area contributed by atoms with Crippen molar-refractivity contribution in [2.24, 2.45) is 5.92 Å². The molecule has 6 aromatic rings. The van der Waals surface area contributed by atoms with Gasteiger partial charge in [0.25, 0.3) is 0 Å². The summed E-state index contributed by atoms with van der Waals surface area (Å²) < 4.78 is 0. The molecule has 0 radical (unpaired) electrons. The molecule has 0 spiro atoms. The summed E-state index contributed by atoms with van der Waals surface area (Å²) in [5.74, 6) is 0.783. The number of rotatable bonds is 8. The molecule has 4 heteroatoms. The predicted molar refractivity (Wildman–Crippen MR) is 215 cm³/mol. The Balaban J connectivity index is 1.55. The molecule has 1 N–H and O–H groups in total. The van der Waals surface area contributed by atoms with Gasteiger partial charge in [0.05, 0.1) is 16.8 Å². The Hall–Kier alpha value is -4.59. The van der Waals surface area contributed by atoms with E-state index in [1.807, 2.05) is 12.3 Å². The summed E-state index contributed by atoms with van der Waals surface area (Å²) in [6.07, 6.45) is 2.81. The van der Waals surface area contributed by atoms with Gasteiger partial charge in [0.2, 0.25) is 0 Å². The Kier molecular flexibility index (Phi) is 10.1. The molecular formula is C46H49N2OP. The Morgan fingerprint density at radius 1 is 0.640 bits per heavy atom. The maximum absolute atomic E-state index is 11.8. The number of phenolic OH excluding ortho intramolecular Hbond substituents is 1. The molecule has 2 heterocycles. The Morgan fingerprint density at radius 3 is 2.00 bits per heavy atom. The van der Waals surface area contributed by atoms with Crippen molar-refractivity contribution in [3.63, 3.8) is 0 Å². The molecule has 3 nitrogen and oxygen atoms in total. The van der Waals surface area contributed by atoms with Crippen LogP contribution in [0, 0.1) is 5.92 Å². The van der Waals surface area contributed by atoms with Crippen LogP contribution in [0.5, 0.6) is 5.75 Å². The van der Waals surface area contributed by atoms with Crippen molar-refractivity contribution >= 4 is 24.0 Å². The number of benzene rings is 4. The third-order valence-electron chi connectivity index (χ3n) is 9.10. The number of hydrogen-bond acceptors (Lipinski definition) is 3. The molecule has 0 bridgehead atoms. The molecule has 0 fully saturated rings. The number of pyridine rings is 2. The fourth-order valence-electron chi connectivity index (χ4n) is 6.51. The van der Waals surface area contributed by atoms with Crippen LogP contribution in [0.2, 0.25) is 0 Å². The number of aromatic hydroxyl groups is 1. The van der Waals surface area contributed by atoms with Gasteiger partial charge in [-0.15, -0.1) is 0 Å². The maximum atomic E-state index is 11.8. The van der Waals surface area contributed by atoms with E-state index in [0.29, 0.717) is 11.7 Å². The van der Waals surface area contributed by atoms with Gasteiger partial charge < -0.3 is 5.11 Å². The van der Waals surface area contributed by atoms with Crippen LogP contribution in [0.3, 0.4) is 0 Å². The number of hydrogen-bond donors (Lipinski definition) is 1. The molecule has 4 aromatic carbocycles. The van der Waals surface area contributed by atoms with Gasteiger partial charge >= 0.3 is 0 Å². The summed E-state index contributed by atoms with van der Waals surface area (Å²) in [4.78, 5) is 10.3. The van der Waals surface area contributed by atoms with Gasteiger partial charge in [0.15, 0.2) is 0 Å². The molecule has 0 aliphatic rings. The van der Waals surface area contributed by atoms with E-state index in [0.717, 1.165) is 39.9 Å². The van der Waals surface area contributed by atoms with Crippen LogP contribution in [0.4, 0.5) is 0 Å². The minimum absolute atomic E-state index is 0.0894. The van der Waals surface area contributed by atoms with Crippen molar-refractivity contribution in [1.82, 2.24) is 9.97 Å². The molecule has 0 amide bonds. The first-order valence-corrected chi connectivity index (χ1v) is 19.0. The fraction of sp³-hybridized carbons (Fsp3) is 0.261. The van der Waals surface area contributed by atoms with Gasteiger partial charge in [-0.25, -0.2) is 4.98 Å². The monoisotopic (exact) mass is 676 g/mol. The normalized spacial score (nSPS) is 12.7. The smallest absolute Gasteiger partial charge is 0.128 e. The van der Waals surface area contributed by atoms with Crippen LogP contribution < -0.4 is 16.0 Å². The second-order valence-electron chi connectivity index (χ2n) is 15.7. The molecular weight excluding hydrogens is 627 g/mol. The third kappa shape index (κ3) is 7.74. The van der Waals surface area contributed by atoms with E-state index in [9.17, 15) is 5.11 Å².